The highest BCUT2D eigenvalue weighted by atomic mass is 16.5. The Morgan fingerprint density at radius 1 is 1.64 bits per heavy atom. The van der Waals surface area contributed by atoms with Gasteiger partial charge in [-0.1, -0.05) is 0 Å². The van der Waals surface area contributed by atoms with E-state index in [0.29, 0.717) is 0 Å². The number of hydrogen-bond acceptors (Lipinski definition) is 9. The predicted molar refractivity (Wildman–Crippen MR) is 76.9 cm³/mol. The Balaban J connectivity index is 1.98. The minimum atomic E-state index is -0.846. The maximum atomic E-state index is 11.9. The molecule has 2 aliphatic rings. The molecule has 0 aliphatic carbocycles. The van der Waals surface area contributed by atoms with Gasteiger partial charge in [0.15, 0.2) is 5.82 Å². The first-order chi connectivity index (χ1) is 10.5. The molecule has 0 spiro atoms. The summed E-state index contributed by atoms with van der Waals surface area (Å²) in [6.45, 7) is -0.330. The van der Waals surface area contributed by atoms with E-state index in [-0.39, 0.29) is 30.5 Å². The first-order valence-corrected chi connectivity index (χ1v) is 6.67. The van der Waals surface area contributed by atoms with Crippen LogP contribution in [0.4, 0.5) is 17.5 Å². The quantitative estimate of drug-likeness (QED) is 0.381. The van der Waals surface area contributed by atoms with Gasteiger partial charge in [-0.25, -0.2) is 5.26 Å². The second-order valence-electron chi connectivity index (χ2n) is 5.06. The van der Waals surface area contributed by atoms with Crippen LogP contribution in [0.15, 0.2) is 4.79 Å². The minimum Gasteiger partial charge on any atom is -0.394 e. The maximum Gasteiger partial charge on any atom is 0.308 e. The van der Waals surface area contributed by atoms with Crippen molar-refractivity contribution in [3.8, 4) is 5.97 Å². The molecule has 3 heterocycles. The van der Waals surface area contributed by atoms with Crippen molar-refractivity contribution in [2.75, 3.05) is 22.6 Å². The summed E-state index contributed by atoms with van der Waals surface area (Å²) in [5, 5.41) is 30.8. The van der Waals surface area contributed by atoms with Crippen molar-refractivity contribution in [1.29, 1.82) is 5.26 Å². The van der Waals surface area contributed by atoms with Crippen LogP contribution < -0.4 is 21.5 Å². The summed E-state index contributed by atoms with van der Waals surface area (Å²) in [5.74, 6) is 2.08. The standard InChI is InChI=1S/C11H14BN6O4/c13-3-12-10-15-7-8(16-11(14)17-9(7)21)18(10)6-1-4(20)5(2-19)22-6/h4-6,10,15,19-20H,1-2H2,(H3,14,16,17,21)/t4-,5+,6+,10?/m0/s1. The van der Waals surface area contributed by atoms with Crippen molar-refractivity contribution in [3.63, 3.8) is 0 Å². The van der Waals surface area contributed by atoms with Crippen LogP contribution in [0.1, 0.15) is 6.42 Å². The Morgan fingerprint density at radius 2 is 2.41 bits per heavy atom. The second kappa shape index (κ2) is 5.49. The molecule has 0 aromatic carbocycles. The van der Waals surface area contributed by atoms with Gasteiger partial charge < -0.3 is 30.9 Å². The molecule has 2 aliphatic heterocycles. The van der Waals surface area contributed by atoms with Gasteiger partial charge in [0.05, 0.1) is 18.8 Å². The largest absolute Gasteiger partial charge is 0.394 e. The minimum absolute atomic E-state index is 0.0644. The van der Waals surface area contributed by atoms with Gasteiger partial charge >= 0.3 is 7.28 Å². The summed E-state index contributed by atoms with van der Waals surface area (Å²) in [4.78, 5) is 19.9. The lowest BCUT2D eigenvalue weighted by Gasteiger charge is -2.29. The number of nitrogens with zero attached hydrogens (tertiary/aromatic N) is 3. The van der Waals surface area contributed by atoms with Crippen molar-refractivity contribution in [2.24, 2.45) is 0 Å². The number of nitriles is 1. The van der Waals surface area contributed by atoms with Crippen LogP contribution in [0.3, 0.4) is 0 Å². The van der Waals surface area contributed by atoms with E-state index in [2.05, 4.69) is 15.3 Å². The molecule has 0 bridgehead atoms. The highest BCUT2D eigenvalue weighted by Crippen LogP contribution is 2.35. The summed E-state index contributed by atoms with van der Waals surface area (Å²) >= 11 is 0. The SMILES string of the molecule is N#C[B]C1Nc2c(nc(N)[nH]c2=O)N1[C@H]1C[C@H](O)[C@@H](CO)O1. The number of aromatic amines is 1. The first kappa shape index (κ1) is 14.6. The molecule has 22 heavy (non-hydrogen) atoms. The number of nitrogen functional groups attached to an aromatic ring is 1. The molecule has 11 heteroatoms. The molecule has 1 fully saturated rings. The van der Waals surface area contributed by atoms with Crippen LogP contribution in [-0.4, -0.2) is 58.6 Å². The van der Waals surface area contributed by atoms with Gasteiger partial charge in [-0.15, -0.1) is 0 Å². The predicted octanol–water partition coefficient (Wildman–Crippen LogP) is -2.48. The number of aliphatic hydroxyl groups excluding tert-OH is 2. The molecule has 1 saturated heterocycles. The molecular formula is C11H14BN6O4. The van der Waals surface area contributed by atoms with E-state index in [1.165, 1.54) is 7.28 Å². The maximum absolute atomic E-state index is 11.9. The molecule has 10 nitrogen and oxygen atoms in total. The molecule has 1 aromatic heterocycles. The Hall–Kier alpha value is -2.29. The topological polar surface area (TPSA) is 161 Å². The molecule has 0 amide bonds. The number of nitrogens with two attached hydrogens (primary N) is 1. The third-order valence-corrected chi connectivity index (χ3v) is 3.68. The Morgan fingerprint density at radius 3 is 3.05 bits per heavy atom. The van der Waals surface area contributed by atoms with Gasteiger partial charge in [-0.3, -0.25) is 9.78 Å². The lowest BCUT2D eigenvalue weighted by molar-refractivity contribution is -0.0224. The van der Waals surface area contributed by atoms with Gasteiger partial charge in [-0.05, 0) is 5.97 Å². The fraction of sp³-hybridized carbons (Fsp3) is 0.545. The number of nitrogens with one attached hydrogen (secondary N) is 2. The summed E-state index contributed by atoms with van der Waals surface area (Å²) in [7, 11) is 1.28. The highest BCUT2D eigenvalue weighted by molar-refractivity contribution is 6.48. The molecule has 6 N–H and O–H groups in total. The summed E-state index contributed by atoms with van der Waals surface area (Å²) < 4.78 is 5.58. The van der Waals surface area contributed by atoms with Crippen molar-refractivity contribution in [3.05, 3.63) is 10.4 Å². The first-order valence-electron chi connectivity index (χ1n) is 6.67. The van der Waals surface area contributed by atoms with E-state index in [1.807, 2.05) is 5.97 Å². The zero-order valence-corrected chi connectivity index (χ0v) is 11.4. The van der Waals surface area contributed by atoms with Gasteiger partial charge in [0.2, 0.25) is 5.95 Å². The van der Waals surface area contributed by atoms with Crippen molar-refractivity contribution in [1.82, 2.24) is 9.97 Å². The number of aliphatic hydroxyl groups is 2. The molecule has 3 rings (SSSR count). The number of anilines is 3. The molecule has 0 saturated carbocycles. The molecule has 1 unspecified atom stereocenters. The molecule has 115 valence electrons. The molecular weight excluding hydrogens is 291 g/mol. The van der Waals surface area contributed by atoms with E-state index < -0.39 is 30.1 Å². The van der Waals surface area contributed by atoms with Crippen molar-refractivity contribution >= 4 is 24.7 Å². The van der Waals surface area contributed by atoms with E-state index in [0.717, 1.165) is 0 Å². The summed E-state index contributed by atoms with van der Waals surface area (Å²) in [6, 6.07) is -0.648. The third kappa shape index (κ3) is 2.27. The normalized spacial score (nSPS) is 29.8. The number of aromatic nitrogens is 2. The van der Waals surface area contributed by atoms with E-state index >= 15 is 0 Å². The van der Waals surface area contributed by atoms with E-state index in [1.54, 1.807) is 4.90 Å². The zero-order chi connectivity index (χ0) is 15.9. The smallest absolute Gasteiger partial charge is 0.308 e. The fourth-order valence-electron chi connectivity index (χ4n) is 2.70. The van der Waals surface area contributed by atoms with Gasteiger partial charge in [0, 0.05) is 6.42 Å². The van der Waals surface area contributed by atoms with Crippen LogP contribution in [0.2, 0.25) is 0 Å². The highest BCUT2D eigenvalue weighted by Gasteiger charge is 2.44. The fourth-order valence-corrected chi connectivity index (χ4v) is 2.70. The lowest BCUT2D eigenvalue weighted by Crippen LogP contribution is -2.47. The molecule has 1 radical (unpaired) electrons. The van der Waals surface area contributed by atoms with Crippen LogP contribution >= 0.6 is 0 Å². The van der Waals surface area contributed by atoms with Crippen LogP contribution in [-0.2, 0) is 4.74 Å². The van der Waals surface area contributed by atoms with Crippen molar-refractivity contribution < 1.29 is 14.9 Å². The van der Waals surface area contributed by atoms with E-state index in [4.69, 9.17) is 15.7 Å². The average molecular weight is 305 g/mol. The zero-order valence-electron chi connectivity index (χ0n) is 11.4. The number of ether oxygens (including phenoxy) is 1. The Labute approximate surface area is 125 Å². The van der Waals surface area contributed by atoms with Crippen LogP contribution in [0.5, 0.6) is 0 Å². The summed E-state index contributed by atoms with van der Waals surface area (Å²) in [6.07, 6.45) is -2.02. The second-order valence-corrected chi connectivity index (χ2v) is 5.06. The average Bonchev–Trinajstić information content (AvgIpc) is 2.99. The Bertz CT molecular complexity index is 676. The molecule has 1 aromatic rings. The molecule has 4 atom stereocenters. The van der Waals surface area contributed by atoms with Gasteiger partial charge in [-0.2, -0.15) is 4.98 Å². The third-order valence-electron chi connectivity index (χ3n) is 3.68. The lowest BCUT2D eigenvalue weighted by atomic mass is 9.76. The number of fused-ring (bicyclic) bond motifs is 1. The monoisotopic (exact) mass is 305 g/mol. The van der Waals surface area contributed by atoms with Gasteiger partial charge in [0.25, 0.3) is 5.56 Å². The van der Waals surface area contributed by atoms with Crippen LogP contribution in [0.25, 0.3) is 0 Å². The Kier molecular flexibility index (Phi) is 3.65. The van der Waals surface area contributed by atoms with Crippen molar-refractivity contribution in [2.45, 2.75) is 30.9 Å². The summed E-state index contributed by atoms with van der Waals surface area (Å²) in [5.41, 5.74) is 5.28. The number of hydrogen-bond donors (Lipinski definition) is 5. The number of H-pyrrole nitrogens is 1. The van der Waals surface area contributed by atoms with E-state index in [9.17, 15) is 15.0 Å². The van der Waals surface area contributed by atoms with Crippen LogP contribution in [0, 0.1) is 11.2 Å². The number of rotatable bonds is 3. The van der Waals surface area contributed by atoms with Gasteiger partial charge in [0.1, 0.15) is 18.0 Å².